The summed E-state index contributed by atoms with van der Waals surface area (Å²) in [5.41, 5.74) is 3.37. The number of hydrogen-bond donors (Lipinski definition) is 0. The van der Waals surface area contributed by atoms with E-state index in [0.717, 1.165) is 16.8 Å². The van der Waals surface area contributed by atoms with E-state index in [1.54, 1.807) is 61.8 Å². The highest BCUT2D eigenvalue weighted by atomic mass is 16.5. The number of ketones is 1. The topological polar surface area (TPSA) is 78.0 Å². The Morgan fingerprint density at radius 2 is 2.12 bits per heavy atom. The van der Waals surface area contributed by atoms with Crippen LogP contribution < -0.4 is 14.4 Å². The van der Waals surface area contributed by atoms with Gasteiger partial charge in [0.15, 0.2) is 12.5 Å². The number of aromatic nitrogens is 1. The third kappa shape index (κ3) is 3.58. The highest BCUT2D eigenvalue weighted by Crippen LogP contribution is 2.42. The van der Waals surface area contributed by atoms with Crippen molar-refractivity contribution in [3.63, 3.8) is 0 Å². The van der Waals surface area contributed by atoms with Crippen molar-refractivity contribution in [2.75, 3.05) is 18.2 Å². The third-order valence-electron chi connectivity index (χ3n) is 5.33. The maximum absolute atomic E-state index is 12.9. The van der Waals surface area contributed by atoms with Crippen LogP contribution >= 0.6 is 0 Å². The number of allylic oxidation sites excluding steroid dienone is 1. The molecule has 2 aliphatic rings. The van der Waals surface area contributed by atoms with E-state index in [2.05, 4.69) is 4.98 Å². The minimum Gasteiger partial charge on any atom is -0.473 e. The van der Waals surface area contributed by atoms with Crippen LogP contribution in [0.5, 0.6) is 11.5 Å². The molecule has 0 fully saturated rings. The average Bonchev–Trinajstić information content (AvgIpc) is 3.15. The van der Waals surface area contributed by atoms with Crippen LogP contribution in [0.25, 0.3) is 6.08 Å². The molecule has 7 heteroatoms. The lowest BCUT2D eigenvalue weighted by molar-refractivity contribution is 0.0526. The predicted octanol–water partition coefficient (Wildman–Crippen LogP) is 4.23. The fourth-order valence-corrected chi connectivity index (χ4v) is 3.78. The van der Waals surface area contributed by atoms with Crippen LogP contribution in [0.2, 0.25) is 0 Å². The van der Waals surface area contributed by atoms with Crippen molar-refractivity contribution in [1.82, 2.24) is 4.98 Å². The van der Waals surface area contributed by atoms with Crippen molar-refractivity contribution >= 4 is 23.5 Å². The molecule has 0 bridgehead atoms. The monoisotopic (exact) mass is 428 g/mol. The van der Waals surface area contributed by atoms with Gasteiger partial charge in [-0.1, -0.05) is 12.1 Å². The molecular formula is C25H20N2O5. The van der Waals surface area contributed by atoms with Crippen molar-refractivity contribution in [2.24, 2.45) is 0 Å². The summed E-state index contributed by atoms with van der Waals surface area (Å²) in [6.07, 6.45) is 5.03. The van der Waals surface area contributed by atoms with Gasteiger partial charge in [0.25, 0.3) is 0 Å². The SMILES string of the molecule is CCOC(=O)c1cccc(N2COc3ccc4c(c3C2)O/C(=C\c2cccnc2)C4=O)c1. The van der Waals surface area contributed by atoms with Gasteiger partial charge in [-0.05, 0) is 55.0 Å². The first-order valence-electron chi connectivity index (χ1n) is 10.3. The highest BCUT2D eigenvalue weighted by molar-refractivity contribution is 6.15. The number of hydrogen-bond acceptors (Lipinski definition) is 7. The number of ether oxygens (including phenoxy) is 3. The highest BCUT2D eigenvalue weighted by Gasteiger charge is 2.33. The fourth-order valence-electron chi connectivity index (χ4n) is 3.78. The van der Waals surface area contributed by atoms with Crippen molar-refractivity contribution in [3.8, 4) is 11.5 Å². The van der Waals surface area contributed by atoms with E-state index in [1.807, 2.05) is 17.0 Å². The number of Topliss-reactive ketones (excluding diaryl/α,β-unsaturated/α-hetero) is 1. The second-order valence-corrected chi connectivity index (χ2v) is 7.39. The van der Waals surface area contributed by atoms with Gasteiger partial charge in [0, 0.05) is 18.1 Å². The molecule has 1 aromatic heterocycles. The van der Waals surface area contributed by atoms with E-state index in [4.69, 9.17) is 14.2 Å². The number of carbonyl (C=O) groups excluding carboxylic acids is 2. The van der Waals surface area contributed by atoms with Gasteiger partial charge < -0.3 is 19.1 Å². The lowest BCUT2D eigenvalue weighted by atomic mass is 10.0. The summed E-state index contributed by atoms with van der Waals surface area (Å²) in [7, 11) is 0. The van der Waals surface area contributed by atoms with Crippen LogP contribution in [0, 0.1) is 0 Å². The minimum atomic E-state index is -0.368. The first-order chi connectivity index (χ1) is 15.6. The molecule has 0 amide bonds. The Hall–Kier alpha value is -4.13. The first-order valence-corrected chi connectivity index (χ1v) is 10.3. The Kier molecular flexibility index (Phi) is 5.07. The lowest BCUT2D eigenvalue weighted by Crippen LogP contribution is -2.32. The molecule has 3 aromatic rings. The summed E-state index contributed by atoms with van der Waals surface area (Å²) in [5.74, 6) is 0.898. The van der Waals surface area contributed by atoms with Crippen molar-refractivity contribution in [1.29, 1.82) is 0 Å². The van der Waals surface area contributed by atoms with Gasteiger partial charge in [-0.3, -0.25) is 9.78 Å². The number of rotatable bonds is 4. The molecule has 160 valence electrons. The van der Waals surface area contributed by atoms with E-state index >= 15 is 0 Å². The number of fused-ring (bicyclic) bond motifs is 3. The summed E-state index contributed by atoms with van der Waals surface area (Å²) >= 11 is 0. The predicted molar refractivity (Wildman–Crippen MR) is 118 cm³/mol. The molecule has 5 rings (SSSR count). The van der Waals surface area contributed by atoms with E-state index < -0.39 is 0 Å². The normalized spacial score (nSPS) is 15.6. The van der Waals surface area contributed by atoms with Crippen LogP contribution in [0.15, 0.2) is 66.7 Å². The minimum absolute atomic E-state index is 0.173. The van der Waals surface area contributed by atoms with Gasteiger partial charge in [0.2, 0.25) is 5.78 Å². The van der Waals surface area contributed by atoms with Gasteiger partial charge >= 0.3 is 5.97 Å². The Morgan fingerprint density at radius 1 is 1.22 bits per heavy atom. The van der Waals surface area contributed by atoms with Gasteiger partial charge in [0.1, 0.15) is 11.5 Å². The summed E-state index contributed by atoms with van der Waals surface area (Å²) in [6, 6.07) is 14.4. The summed E-state index contributed by atoms with van der Waals surface area (Å²) in [5, 5.41) is 0. The average molecular weight is 428 g/mol. The van der Waals surface area contributed by atoms with Crippen LogP contribution in [-0.2, 0) is 11.3 Å². The van der Waals surface area contributed by atoms with Gasteiger partial charge in [-0.25, -0.2) is 4.79 Å². The quantitative estimate of drug-likeness (QED) is 0.455. The Morgan fingerprint density at radius 3 is 2.94 bits per heavy atom. The molecule has 0 atom stereocenters. The van der Waals surface area contributed by atoms with Crippen molar-refractivity contribution in [3.05, 3.63) is 88.9 Å². The zero-order valence-corrected chi connectivity index (χ0v) is 17.4. The number of nitrogens with zero attached hydrogens (tertiary/aromatic N) is 2. The van der Waals surface area contributed by atoms with Crippen molar-refractivity contribution < 1.29 is 23.8 Å². The molecule has 3 heterocycles. The second kappa shape index (κ2) is 8.19. The largest absolute Gasteiger partial charge is 0.473 e. The third-order valence-corrected chi connectivity index (χ3v) is 5.33. The molecule has 0 saturated heterocycles. The zero-order chi connectivity index (χ0) is 22.1. The van der Waals surface area contributed by atoms with Crippen LogP contribution in [0.3, 0.4) is 0 Å². The molecule has 0 spiro atoms. The summed E-state index contributed by atoms with van der Waals surface area (Å²) < 4.78 is 17.0. The Balaban J connectivity index is 1.45. The van der Waals surface area contributed by atoms with E-state index in [0.29, 0.717) is 42.5 Å². The first kappa shape index (κ1) is 19.8. The molecule has 32 heavy (non-hydrogen) atoms. The number of carbonyl (C=O) groups is 2. The molecule has 2 aliphatic heterocycles. The second-order valence-electron chi connectivity index (χ2n) is 7.39. The van der Waals surface area contributed by atoms with Crippen LogP contribution in [-0.4, -0.2) is 30.1 Å². The molecule has 0 radical (unpaired) electrons. The standard InChI is InChI=1S/C25H20N2O5/c1-2-30-25(29)17-6-3-7-18(12-17)27-14-20-21(31-15-27)9-8-19-23(28)22(32-24(19)20)11-16-5-4-10-26-13-16/h3-13H,2,14-15H2,1H3/b22-11-. The maximum atomic E-state index is 12.9. The molecule has 0 N–H and O–H groups in total. The van der Waals surface area contributed by atoms with Crippen molar-refractivity contribution in [2.45, 2.75) is 13.5 Å². The summed E-state index contributed by atoms with van der Waals surface area (Å²) in [4.78, 5) is 31.1. The molecule has 7 nitrogen and oxygen atoms in total. The fraction of sp³-hybridized carbons (Fsp3) is 0.160. The number of benzene rings is 2. The van der Waals surface area contributed by atoms with Crippen LogP contribution in [0.1, 0.15) is 38.8 Å². The van der Waals surface area contributed by atoms with Gasteiger partial charge in [0.05, 0.1) is 29.8 Å². The Bertz CT molecular complexity index is 1240. The summed E-state index contributed by atoms with van der Waals surface area (Å²) in [6.45, 7) is 2.87. The zero-order valence-electron chi connectivity index (χ0n) is 17.4. The van der Waals surface area contributed by atoms with Gasteiger partial charge in [-0.15, -0.1) is 0 Å². The van der Waals surface area contributed by atoms with E-state index in [9.17, 15) is 9.59 Å². The number of pyridine rings is 1. The molecule has 0 aliphatic carbocycles. The van der Waals surface area contributed by atoms with Crippen LogP contribution in [0.4, 0.5) is 5.69 Å². The van der Waals surface area contributed by atoms with E-state index in [1.165, 1.54) is 0 Å². The molecule has 2 aromatic carbocycles. The smallest absolute Gasteiger partial charge is 0.338 e. The lowest BCUT2D eigenvalue weighted by Gasteiger charge is -2.31. The van der Waals surface area contributed by atoms with Gasteiger partial charge in [-0.2, -0.15) is 0 Å². The molecule has 0 saturated carbocycles. The number of anilines is 1. The Labute approximate surface area is 184 Å². The van der Waals surface area contributed by atoms with E-state index in [-0.39, 0.29) is 17.5 Å². The number of esters is 1. The maximum Gasteiger partial charge on any atom is 0.338 e. The molecular weight excluding hydrogens is 408 g/mol. The molecule has 0 unspecified atom stereocenters.